The second-order valence-electron chi connectivity index (χ2n) is 6.47. The molecule has 6 nitrogen and oxygen atoms in total. The van der Waals surface area contributed by atoms with Gasteiger partial charge in [0.05, 0.1) is 18.4 Å². The number of hydrogen-bond donors (Lipinski definition) is 1. The molecule has 0 spiro atoms. The fraction of sp³-hybridized carbons (Fsp3) is 0.250. The Kier molecular flexibility index (Phi) is 6.45. The maximum absolute atomic E-state index is 12.1. The Morgan fingerprint density at radius 2 is 1.90 bits per heavy atom. The lowest BCUT2D eigenvalue weighted by Gasteiger charge is -2.08. The van der Waals surface area contributed by atoms with Crippen LogP contribution in [0.4, 0.5) is 5.69 Å². The Morgan fingerprint density at radius 3 is 2.52 bits per heavy atom. The topological polar surface area (TPSA) is 77.4 Å². The van der Waals surface area contributed by atoms with Gasteiger partial charge in [-0.15, -0.1) is 0 Å². The first kappa shape index (κ1) is 21.5. The van der Waals surface area contributed by atoms with Gasteiger partial charge in [-0.25, -0.2) is 8.42 Å². The van der Waals surface area contributed by atoms with Crippen LogP contribution in [-0.2, 0) is 26.1 Å². The Bertz CT molecular complexity index is 1160. The van der Waals surface area contributed by atoms with Gasteiger partial charge in [0.2, 0.25) is 10.0 Å². The van der Waals surface area contributed by atoms with E-state index in [2.05, 4.69) is 4.72 Å². The number of nitrogens with one attached hydrogen (secondary N) is 1. The number of rotatable bonds is 7. The summed E-state index contributed by atoms with van der Waals surface area (Å²) in [4.78, 5) is 14.0. The fourth-order valence-electron chi connectivity index (χ4n) is 3.02. The number of halogens is 1. The van der Waals surface area contributed by atoms with E-state index in [0.29, 0.717) is 17.3 Å². The van der Waals surface area contributed by atoms with Gasteiger partial charge in [0, 0.05) is 31.6 Å². The van der Waals surface area contributed by atoms with E-state index >= 15 is 0 Å². The van der Waals surface area contributed by atoms with Gasteiger partial charge in [0.15, 0.2) is 0 Å². The molecule has 0 saturated heterocycles. The molecular weight excluding hydrogens is 432 g/mol. The number of sulfonamides is 1. The number of fused-ring (bicyclic) bond motifs is 1. The number of carbonyl (C=O) groups excluding carboxylic acids is 1. The number of benzene rings is 2. The molecule has 3 aromatic rings. The number of esters is 1. The van der Waals surface area contributed by atoms with E-state index in [9.17, 15) is 13.2 Å². The maximum atomic E-state index is 12.1. The van der Waals surface area contributed by atoms with Crippen LogP contribution >= 0.6 is 23.4 Å². The highest BCUT2D eigenvalue weighted by Crippen LogP contribution is 2.39. The van der Waals surface area contributed by atoms with E-state index in [1.54, 1.807) is 25.1 Å². The Balaban J connectivity index is 2.11. The zero-order valence-electron chi connectivity index (χ0n) is 16.2. The smallest absolute Gasteiger partial charge is 0.325 e. The van der Waals surface area contributed by atoms with Gasteiger partial charge < -0.3 is 9.30 Å². The third-order valence-corrected chi connectivity index (χ3v) is 6.28. The van der Waals surface area contributed by atoms with Crippen LogP contribution in [-0.4, -0.2) is 31.8 Å². The summed E-state index contributed by atoms with van der Waals surface area (Å²) >= 11 is 7.52. The Labute approximate surface area is 179 Å². The van der Waals surface area contributed by atoms with E-state index in [1.165, 1.54) is 11.8 Å². The van der Waals surface area contributed by atoms with Gasteiger partial charge >= 0.3 is 5.97 Å². The molecule has 3 rings (SSSR count). The predicted molar refractivity (Wildman–Crippen MR) is 117 cm³/mol. The highest BCUT2D eigenvalue weighted by atomic mass is 35.5. The van der Waals surface area contributed by atoms with E-state index in [4.69, 9.17) is 16.3 Å². The minimum absolute atomic E-state index is 0.0796. The molecule has 0 atom stereocenters. The fourth-order valence-corrected chi connectivity index (χ4v) is 4.74. The number of hydrogen-bond acceptors (Lipinski definition) is 5. The van der Waals surface area contributed by atoms with E-state index in [0.717, 1.165) is 32.6 Å². The molecule has 2 aromatic carbocycles. The second kappa shape index (κ2) is 8.69. The van der Waals surface area contributed by atoms with Gasteiger partial charge in [-0.1, -0.05) is 23.4 Å². The van der Waals surface area contributed by atoms with Crippen LogP contribution < -0.4 is 4.72 Å². The molecule has 0 aliphatic heterocycles. The average Bonchev–Trinajstić information content (AvgIpc) is 2.87. The van der Waals surface area contributed by atoms with Crippen molar-refractivity contribution in [3.8, 4) is 0 Å². The minimum Gasteiger partial charge on any atom is -0.465 e. The maximum Gasteiger partial charge on any atom is 0.325 e. The van der Waals surface area contributed by atoms with Crippen molar-refractivity contribution in [2.24, 2.45) is 0 Å². The lowest BCUT2D eigenvalue weighted by atomic mass is 10.2. The molecule has 0 radical (unpaired) electrons. The molecule has 0 amide bonds. The normalized spacial score (nSPS) is 11.6. The molecule has 1 heterocycles. The van der Waals surface area contributed by atoms with Crippen LogP contribution in [0.2, 0.25) is 5.02 Å². The van der Waals surface area contributed by atoms with Gasteiger partial charge in [-0.3, -0.25) is 9.52 Å². The quantitative estimate of drug-likeness (QED) is 0.526. The third kappa shape index (κ3) is 5.26. The molecule has 9 heteroatoms. The Hall–Kier alpha value is -2.16. The third-order valence-electron chi connectivity index (χ3n) is 4.19. The molecule has 0 aliphatic rings. The van der Waals surface area contributed by atoms with Crippen LogP contribution in [0.3, 0.4) is 0 Å². The first-order valence-corrected chi connectivity index (χ1v) is 12.0. The summed E-state index contributed by atoms with van der Waals surface area (Å²) in [6, 6.07) is 12.7. The SMILES string of the molecule is CCOC(=O)Cn1c(C)c(Sc2ccc(Cl)cc2)c2cc(NS(C)(=O)=O)ccc21. The summed E-state index contributed by atoms with van der Waals surface area (Å²) < 4.78 is 32.8. The molecular formula is C20H21ClN2O4S2. The number of aromatic nitrogens is 1. The zero-order chi connectivity index (χ0) is 21.2. The van der Waals surface area contributed by atoms with Crippen molar-refractivity contribution in [1.29, 1.82) is 0 Å². The van der Waals surface area contributed by atoms with Crippen LogP contribution in [0.15, 0.2) is 52.3 Å². The van der Waals surface area contributed by atoms with E-state index < -0.39 is 10.0 Å². The average molecular weight is 453 g/mol. The molecule has 1 aromatic heterocycles. The van der Waals surface area contributed by atoms with Crippen LogP contribution in [0.25, 0.3) is 10.9 Å². The van der Waals surface area contributed by atoms with Crippen molar-refractivity contribution in [3.63, 3.8) is 0 Å². The Morgan fingerprint density at radius 1 is 1.21 bits per heavy atom. The largest absolute Gasteiger partial charge is 0.465 e. The van der Waals surface area contributed by atoms with Crippen LogP contribution in [0, 0.1) is 6.92 Å². The monoisotopic (exact) mass is 452 g/mol. The number of carbonyl (C=O) groups is 1. The first-order chi connectivity index (χ1) is 13.7. The zero-order valence-corrected chi connectivity index (χ0v) is 18.6. The van der Waals surface area contributed by atoms with Crippen LogP contribution in [0.1, 0.15) is 12.6 Å². The van der Waals surface area contributed by atoms with Crippen molar-refractivity contribution < 1.29 is 17.9 Å². The lowest BCUT2D eigenvalue weighted by molar-refractivity contribution is -0.143. The van der Waals surface area contributed by atoms with Gasteiger partial charge in [0.1, 0.15) is 6.54 Å². The van der Waals surface area contributed by atoms with Crippen molar-refractivity contribution in [3.05, 3.63) is 53.2 Å². The standard InChI is InChI=1S/C20H21ClN2O4S2/c1-4-27-19(24)12-23-13(2)20(28-16-8-5-14(21)6-9-16)17-11-15(7-10-18(17)23)22-29(3,25)26/h5-11,22H,4,12H2,1-3H3. The molecule has 0 unspecified atom stereocenters. The van der Waals surface area contributed by atoms with Gasteiger partial charge in [0.25, 0.3) is 0 Å². The van der Waals surface area contributed by atoms with Gasteiger partial charge in [-0.05, 0) is 56.3 Å². The van der Waals surface area contributed by atoms with Crippen molar-refractivity contribution in [2.45, 2.75) is 30.2 Å². The first-order valence-electron chi connectivity index (χ1n) is 8.87. The summed E-state index contributed by atoms with van der Waals surface area (Å²) in [5, 5.41) is 1.50. The van der Waals surface area contributed by atoms with Crippen LogP contribution in [0.5, 0.6) is 0 Å². The summed E-state index contributed by atoms with van der Waals surface area (Å²) in [6.07, 6.45) is 1.11. The molecule has 29 heavy (non-hydrogen) atoms. The molecule has 1 N–H and O–H groups in total. The van der Waals surface area contributed by atoms with E-state index in [1.807, 2.05) is 35.8 Å². The lowest BCUT2D eigenvalue weighted by Crippen LogP contribution is -2.14. The van der Waals surface area contributed by atoms with Crippen molar-refractivity contribution in [2.75, 3.05) is 17.6 Å². The number of nitrogens with zero attached hydrogens (tertiary/aromatic N) is 1. The second-order valence-corrected chi connectivity index (χ2v) is 9.74. The molecule has 0 bridgehead atoms. The summed E-state index contributed by atoms with van der Waals surface area (Å²) in [7, 11) is -3.40. The van der Waals surface area contributed by atoms with Crippen molar-refractivity contribution >= 4 is 55.9 Å². The van der Waals surface area contributed by atoms with Gasteiger partial charge in [-0.2, -0.15) is 0 Å². The summed E-state index contributed by atoms with van der Waals surface area (Å²) in [6.45, 7) is 4.09. The number of ether oxygens (including phenoxy) is 1. The molecule has 0 fully saturated rings. The van der Waals surface area contributed by atoms with Crippen molar-refractivity contribution in [1.82, 2.24) is 4.57 Å². The van der Waals surface area contributed by atoms with E-state index in [-0.39, 0.29) is 12.5 Å². The predicted octanol–water partition coefficient (Wildman–Crippen LogP) is 4.69. The molecule has 0 saturated carbocycles. The summed E-state index contributed by atoms with van der Waals surface area (Å²) in [5.74, 6) is -0.325. The summed E-state index contributed by atoms with van der Waals surface area (Å²) in [5.41, 5.74) is 2.18. The minimum atomic E-state index is -3.40. The highest BCUT2D eigenvalue weighted by molar-refractivity contribution is 7.99. The molecule has 154 valence electrons. The number of anilines is 1. The highest BCUT2D eigenvalue weighted by Gasteiger charge is 2.18. The molecule has 0 aliphatic carbocycles.